The summed E-state index contributed by atoms with van der Waals surface area (Å²) in [6.45, 7) is 5.07. The minimum Gasteiger partial charge on any atom is -0.467 e. The van der Waals surface area contributed by atoms with Gasteiger partial charge in [0, 0.05) is 13.3 Å². The molecule has 0 aliphatic carbocycles. The second-order valence-electron chi connectivity index (χ2n) is 6.81. The van der Waals surface area contributed by atoms with Crippen LogP contribution in [0.4, 0.5) is 0 Å². The van der Waals surface area contributed by atoms with Crippen molar-refractivity contribution in [2.75, 3.05) is 7.11 Å². The minimum absolute atomic E-state index is 0.298. The van der Waals surface area contributed by atoms with Gasteiger partial charge in [0.1, 0.15) is 12.1 Å². The molecule has 0 fully saturated rings. The lowest BCUT2D eigenvalue weighted by atomic mass is 10.0. The highest BCUT2D eigenvalue weighted by Gasteiger charge is 2.26. The Balaban J connectivity index is 2.68. The summed E-state index contributed by atoms with van der Waals surface area (Å²) in [5.74, 6) is -1.16. The molecule has 1 aromatic rings. The third kappa shape index (κ3) is 9.35. The standard InChI is InChI=1S/C22H32N2O4/c1-4-5-6-7-8-12-15-19(22(27)28-3)24-21(26)20(23-17(2)25)16-18-13-10-9-11-14-18/h4,9-11,13-14,19-20H,1,5-8,12,15-16H2,2-3H3,(H,23,25)(H,24,26)/t19-,20+/m0/s1. The van der Waals surface area contributed by atoms with Crippen molar-refractivity contribution < 1.29 is 19.1 Å². The third-order valence-electron chi connectivity index (χ3n) is 4.43. The van der Waals surface area contributed by atoms with Crippen LogP contribution in [-0.2, 0) is 25.5 Å². The molecule has 0 saturated heterocycles. The Morgan fingerprint density at radius 3 is 2.32 bits per heavy atom. The van der Waals surface area contributed by atoms with Gasteiger partial charge in [-0.05, 0) is 24.8 Å². The van der Waals surface area contributed by atoms with Crippen LogP contribution in [0.5, 0.6) is 0 Å². The van der Waals surface area contributed by atoms with Gasteiger partial charge < -0.3 is 15.4 Å². The van der Waals surface area contributed by atoms with E-state index in [0.717, 1.165) is 37.7 Å². The van der Waals surface area contributed by atoms with E-state index in [4.69, 9.17) is 4.74 Å². The molecule has 28 heavy (non-hydrogen) atoms. The van der Waals surface area contributed by atoms with E-state index in [-0.39, 0.29) is 11.8 Å². The number of amides is 2. The van der Waals surface area contributed by atoms with Crippen LogP contribution in [0, 0.1) is 0 Å². The number of benzene rings is 1. The molecule has 2 N–H and O–H groups in total. The maximum absolute atomic E-state index is 12.7. The first-order valence-electron chi connectivity index (χ1n) is 9.78. The van der Waals surface area contributed by atoms with E-state index in [9.17, 15) is 14.4 Å². The number of hydrogen-bond donors (Lipinski definition) is 2. The highest BCUT2D eigenvalue weighted by atomic mass is 16.5. The predicted octanol–water partition coefficient (Wildman–Crippen LogP) is 2.92. The van der Waals surface area contributed by atoms with E-state index in [1.165, 1.54) is 14.0 Å². The fourth-order valence-electron chi connectivity index (χ4n) is 2.96. The first kappa shape index (κ1) is 23.4. The molecule has 0 heterocycles. The van der Waals surface area contributed by atoms with Crippen molar-refractivity contribution in [3.05, 3.63) is 48.6 Å². The number of allylic oxidation sites excluding steroid dienone is 1. The SMILES string of the molecule is C=CCCCCCC[C@H](NC(=O)[C@@H](Cc1ccccc1)NC(C)=O)C(=O)OC. The molecule has 0 spiro atoms. The number of methoxy groups -OCH3 is 1. The first-order valence-corrected chi connectivity index (χ1v) is 9.78. The van der Waals surface area contributed by atoms with Gasteiger partial charge in [-0.15, -0.1) is 6.58 Å². The first-order chi connectivity index (χ1) is 13.5. The van der Waals surface area contributed by atoms with Crippen LogP contribution in [0.3, 0.4) is 0 Å². The normalized spacial score (nSPS) is 12.5. The molecule has 0 aliphatic rings. The number of unbranched alkanes of at least 4 members (excludes halogenated alkanes) is 4. The fraction of sp³-hybridized carbons (Fsp3) is 0.500. The summed E-state index contributed by atoms with van der Waals surface area (Å²) in [5.41, 5.74) is 0.924. The van der Waals surface area contributed by atoms with E-state index >= 15 is 0 Å². The molecule has 0 radical (unpaired) electrons. The number of rotatable bonds is 13. The predicted molar refractivity (Wildman–Crippen MR) is 110 cm³/mol. The van der Waals surface area contributed by atoms with Crippen molar-refractivity contribution in [2.45, 2.75) is 64.0 Å². The molecule has 0 aromatic heterocycles. The van der Waals surface area contributed by atoms with Gasteiger partial charge in [-0.2, -0.15) is 0 Å². The number of esters is 1. The molecular formula is C22H32N2O4. The van der Waals surface area contributed by atoms with Crippen LogP contribution >= 0.6 is 0 Å². The number of carbonyl (C=O) groups is 3. The van der Waals surface area contributed by atoms with Gasteiger partial charge in [0.2, 0.25) is 11.8 Å². The van der Waals surface area contributed by atoms with E-state index < -0.39 is 18.1 Å². The molecule has 0 aliphatic heterocycles. The lowest BCUT2D eigenvalue weighted by molar-refractivity contribution is -0.145. The van der Waals surface area contributed by atoms with Gasteiger partial charge >= 0.3 is 5.97 Å². The topological polar surface area (TPSA) is 84.5 Å². The monoisotopic (exact) mass is 388 g/mol. The molecular weight excluding hydrogens is 356 g/mol. The van der Waals surface area contributed by atoms with Crippen molar-refractivity contribution in [1.29, 1.82) is 0 Å². The summed E-state index contributed by atoms with van der Waals surface area (Å²) in [6, 6.07) is 7.96. The summed E-state index contributed by atoms with van der Waals surface area (Å²) >= 11 is 0. The molecule has 0 saturated carbocycles. The largest absolute Gasteiger partial charge is 0.467 e. The van der Waals surface area contributed by atoms with Gasteiger partial charge in [-0.25, -0.2) is 4.79 Å². The lowest BCUT2D eigenvalue weighted by Crippen LogP contribution is -2.52. The summed E-state index contributed by atoms with van der Waals surface area (Å²) < 4.78 is 4.83. The van der Waals surface area contributed by atoms with Crippen molar-refractivity contribution in [2.24, 2.45) is 0 Å². The summed E-state index contributed by atoms with van der Waals surface area (Å²) in [7, 11) is 1.31. The van der Waals surface area contributed by atoms with E-state index in [1.807, 2.05) is 36.4 Å². The Morgan fingerprint density at radius 1 is 1.04 bits per heavy atom. The quantitative estimate of drug-likeness (QED) is 0.309. The molecule has 6 heteroatoms. The molecule has 0 unspecified atom stereocenters. The van der Waals surface area contributed by atoms with Gasteiger partial charge in [-0.1, -0.05) is 55.7 Å². The molecule has 6 nitrogen and oxygen atoms in total. The van der Waals surface area contributed by atoms with Gasteiger partial charge in [0.15, 0.2) is 0 Å². The Morgan fingerprint density at radius 2 is 1.71 bits per heavy atom. The highest BCUT2D eigenvalue weighted by molar-refractivity contribution is 5.90. The Kier molecular flexibility index (Phi) is 11.3. The third-order valence-corrected chi connectivity index (χ3v) is 4.43. The molecule has 1 aromatic carbocycles. The van der Waals surface area contributed by atoms with E-state index in [0.29, 0.717) is 12.8 Å². The molecule has 2 atom stereocenters. The van der Waals surface area contributed by atoms with Crippen LogP contribution < -0.4 is 10.6 Å². The highest BCUT2D eigenvalue weighted by Crippen LogP contribution is 2.10. The van der Waals surface area contributed by atoms with Crippen LogP contribution in [0.25, 0.3) is 0 Å². The van der Waals surface area contributed by atoms with Gasteiger partial charge in [0.05, 0.1) is 7.11 Å². The minimum atomic E-state index is -0.750. The zero-order valence-corrected chi connectivity index (χ0v) is 16.9. The maximum atomic E-state index is 12.7. The summed E-state index contributed by atoms with van der Waals surface area (Å²) in [5, 5.41) is 5.42. The van der Waals surface area contributed by atoms with Crippen molar-refractivity contribution in [3.63, 3.8) is 0 Å². The average molecular weight is 389 g/mol. The van der Waals surface area contributed by atoms with Gasteiger partial charge in [-0.3, -0.25) is 9.59 Å². The molecule has 154 valence electrons. The average Bonchev–Trinajstić information content (AvgIpc) is 2.68. The number of hydrogen-bond acceptors (Lipinski definition) is 4. The number of nitrogens with one attached hydrogen (secondary N) is 2. The van der Waals surface area contributed by atoms with Crippen molar-refractivity contribution in [1.82, 2.24) is 10.6 Å². The van der Waals surface area contributed by atoms with Crippen LogP contribution in [-0.4, -0.2) is 37.0 Å². The Labute approximate surface area is 167 Å². The molecule has 2 amide bonds. The van der Waals surface area contributed by atoms with Crippen molar-refractivity contribution in [3.8, 4) is 0 Å². The van der Waals surface area contributed by atoms with E-state index in [1.54, 1.807) is 0 Å². The fourth-order valence-corrected chi connectivity index (χ4v) is 2.96. The lowest BCUT2D eigenvalue weighted by Gasteiger charge is -2.22. The van der Waals surface area contributed by atoms with Gasteiger partial charge in [0.25, 0.3) is 0 Å². The molecule has 0 bridgehead atoms. The second kappa shape index (κ2) is 13.5. The Bertz CT molecular complexity index is 631. The smallest absolute Gasteiger partial charge is 0.328 e. The summed E-state index contributed by atoms with van der Waals surface area (Å²) in [4.78, 5) is 36.4. The van der Waals surface area contributed by atoms with Crippen molar-refractivity contribution >= 4 is 17.8 Å². The molecule has 1 rings (SSSR count). The Hall–Kier alpha value is -2.63. The zero-order valence-electron chi connectivity index (χ0n) is 16.9. The van der Waals surface area contributed by atoms with Crippen LogP contribution in [0.2, 0.25) is 0 Å². The van der Waals surface area contributed by atoms with Crippen LogP contribution in [0.1, 0.15) is 51.0 Å². The maximum Gasteiger partial charge on any atom is 0.328 e. The zero-order chi connectivity index (χ0) is 20.8. The second-order valence-corrected chi connectivity index (χ2v) is 6.81. The summed E-state index contributed by atoms with van der Waals surface area (Å²) in [6.07, 6.45) is 7.63. The van der Waals surface area contributed by atoms with E-state index in [2.05, 4.69) is 17.2 Å². The number of ether oxygens (including phenoxy) is 1. The number of carbonyl (C=O) groups excluding carboxylic acids is 3. The van der Waals surface area contributed by atoms with Crippen LogP contribution in [0.15, 0.2) is 43.0 Å².